The summed E-state index contributed by atoms with van der Waals surface area (Å²) in [6.07, 6.45) is -1.00. The minimum absolute atomic E-state index is 0.00744. The summed E-state index contributed by atoms with van der Waals surface area (Å²) < 4.78 is 9.20. The Hall–Kier alpha value is -4.38. The number of rotatable bonds is 10. The fourth-order valence-electron chi connectivity index (χ4n) is 4.09. The van der Waals surface area contributed by atoms with Crippen molar-refractivity contribution in [2.45, 2.75) is 32.0 Å². The molecule has 2 N–H and O–H groups in total. The Balaban J connectivity index is 1.70. The fourth-order valence-corrected chi connectivity index (χ4v) is 4.09. The summed E-state index contributed by atoms with van der Waals surface area (Å²) in [4.78, 5) is 41.9. The number of carboxylic acids is 1. The highest BCUT2D eigenvalue weighted by atomic mass is 16.5. The van der Waals surface area contributed by atoms with E-state index in [0.29, 0.717) is 5.75 Å². The number of aliphatic carboxylic acids is 1. The minimum atomic E-state index is -1.37. The molecular formula is C26H28N5O6-. The van der Waals surface area contributed by atoms with E-state index in [4.69, 9.17) is 4.74 Å². The van der Waals surface area contributed by atoms with Gasteiger partial charge >= 0.3 is 5.69 Å². The first-order valence-corrected chi connectivity index (χ1v) is 11.7. The molecule has 0 aliphatic carbocycles. The number of aryl methyl sites for hydroxylation is 2. The Morgan fingerprint density at radius 2 is 1.84 bits per heavy atom. The van der Waals surface area contributed by atoms with Gasteiger partial charge in [-0.25, -0.2) is 4.79 Å². The first kappa shape index (κ1) is 25.7. The third kappa shape index (κ3) is 5.56. The number of ether oxygens (including phenoxy) is 1. The van der Waals surface area contributed by atoms with Crippen molar-refractivity contribution in [2.24, 2.45) is 14.1 Å². The summed E-state index contributed by atoms with van der Waals surface area (Å²) in [5, 5.41) is 25.6. The zero-order valence-corrected chi connectivity index (χ0v) is 20.7. The number of hydrogen-bond acceptors (Lipinski definition) is 8. The Labute approximate surface area is 212 Å². The van der Waals surface area contributed by atoms with Crippen LogP contribution in [-0.4, -0.2) is 48.5 Å². The molecule has 0 amide bonds. The molecule has 0 bridgehead atoms. The number of aliphatic hydroxyl groups is 1. The number of anilines is 1. The molecule has 0 unspecified atom stereocenters. The van der Waals surface area contributed by atoms with Gasteiger partial charge in [0.15, 0.2) is 11.2 Å². The van der Waals surface area contributed by atoms with Gasteiger partial charge < -0.3 is 29.6 Å². The predicted octanol–water partition coefficient (Wildman–Crippen LogP) is -0.0449. The van der Waals surface area contributed by atoms with Crippen molar-refractivity contribution in [3.8, 4) is 5.75 Å². The predicted molar refractivity (Wildman–Crippen MR) is 135 cm³/mol. The Kier molecular flexibility index (Phi) is 7.44. The van der Waals surface area contributed by atoms with Crippen LogP contribution in [0.4, 0.5) is 5.95 Å². The number of carboxylic acid groups (broad SMARTS) is 1. The van der Waals surface area contributed by atoms with Crippen LogP contribution in [0.2, 0.25) is 0 Å². The van der Waals surface area contributed by atoms with Crippen molar-refractivity contribution in [3.05, 3.63) is 86.6 Å². The average molecular weight is 507 g/mol. The lowest BCUT2D eigenvalue weighted by Crippen LogP contribution is -2.43. The van der Waals surface area contributed by atoms with E-state index >= 15 is 0 Å². The number of nitrogens with zero attached hydrogens (tertiary/aromatic N) is 4. The lowest BCUT2D eigenvalue weighted by Gasteiger charge is -2.22. The standard InChI is InChI=1S/C26H29N5O6/c1-16-8-7-11-19(12-16)37-15-18(32)14-31-21-22(29(2)26(36)30(3)23(21)33)28-25(31)27-20(24(34)35)13-17-9-5-4-6-10-17/h4-12,18,20,32H,13-15H2,1-3H3,(H,27,28)(H,34,35)/p-1/t18-,20+/m1/s1. The van der Waals surface area contributed by atoms with E-state index in [1.807, 2.05) is 31.2 Å². The van der Waals surface area contributed by atoms with Gasteiger partial charge in [0.05, 0.1) is 18.6 Å². The van der Waals surface area contributed by atoms with E-state index < -0.39 is 29.4 Å². The van der Waals surface area contributed by atoms with Crippen molar-refractivity contribution in [3.63, 3.8) is 0 Å². The van der Waals surface area contributed by atoms with E-state index in [-0.39, 0.29) is 36.7 Å². The monoisotopic (exact) mass is 506 g/mol. The van der Waals surface area contributed by atoms with E-state index in [0.717, 1.165) is 15.7 Å². The van der Waals surface area contributed by atoms with Gasteiger partial charge in [-0.3, -0.25) is 13.9 Å². The number of carbonyl (C=O) groups excluding carboxylic acids is 1. The van der Waals surface area contributed by atoms with Crippen molar-refractivity contribution in [2.75, 3.05) is 11.9 Å². The van der Waals surface area contributed by atoms with Crippen LogP contribution in [0.25, 0.3) is 11.2 Å². The van der Waals surface area contributed by atoms with Gasteiger partial charge in [-0.1, -0.05) is 42.5 Å². The molecule has 194 valence electrons. The van der Waals surface area contributed by atoms with Crippen molar-refractivity contribution >= 4 is 23.1 Å². The third-order valence-corrected chi connectivity index (χ3v) is 6.04. The molecule has 2 aromatic carbocycles. The Bertz CT molecular complexity index is 1540. The summed E-state index contributed by atoms with van der Waals surface area (Å²) in [5.41, 5.74) is 0.631. The van der Waals surface area contributed by atoms with Crippen molar-refractivity contribution < 1.29 is 19.7 Å². The molecule has 0 spiro atoms. The normalized spacial score (nSPS) is 12.9. The topological polar surface area (TPSA) is 143 Å². The van der Waals surface area contributed by atoms with Gasteiger partial charge in [0, 0.05) is 14.1 Å². The van der Waals surface area contributed by atoms with E-state index in [1.54, 1.807) is 30.3 Å². The van der Waals surface area contributed by atoms with E-state index in [9.17, 15) is 24.6 Å². The molecule has 11 nitrogen and oxygen atoms in total. The largest absolute Gasteiger partial charge is 0.548 e. The first-order valence-electron chi connectivity index (χ1n) is 11.7. The maximum Gasteiger partial charge on any atom is 0.332 e. The zero-order valence-electron chi connectivity index (χ0n) is 20.7. The lowest BCUT2D eigenvalue weighted by molar-refractivity contribution is -0.306. The molecule has 11 heteroatoms. The molecule has 4 rings (SSSR count). The van der Waals surface area contributed by atoms with Gasteiger partial charge in [-0.15, -0.1) is 0 Å². The maximum absolute atomic E-state index is 13.1. The highest BCUT2D eigenvalue weighted by Gasteiger charge is 2.23. The SMILES string of the molecule is Cc1cccc(OC[C@H](O)Cn2c(N[C@@H](Cc3ccccc3)C(=O)[O-])nc3c2c(=O)n(C)c(=O)n3C)c1. The van der Waals surface area contributed by atoms with Gasteiger partial charge in [0.1, 0.15) is 18.5 Å². The molecule has 2 aromatic heterocycles. The molecule has 0 radical (unpaired) electrons. The van der Waals surface area contributed by atoms with Gasteiger partial charge in [-0.05, 0) is 36.6 Å². The van der Waals surface area contributed by atoms with E-state index in [1.165, 1.54) is 23.2 Å². The highest BCUT2D eigenvalue weighted by Crippen LogP contribution is 2.19. The number of carbonyl (C=O) groups is 1. The number of aliphatic hydroxyl groups excluding tert-OH is 1. The maximum atomic E-state index is 13.1. The first-order chi connectivity index (χ1) is 17.7. The molecule has 37 heavy (non-hydrogen) atoms. The Morgan fingerprint density at radius 1 is 1.11 bits per heavy atom. The second kappa shape index (κ2) is 10.7. The molecular weight excluding hydrogens is 478 g/mol. The summed E-state index contributed by atoms with van der Waals surface area (Å²) in [6.45, 7) is 1.67. The minimum Gasteiger partial charge on any atom is -0.548 e. The van der Waals surface area contributed by atoms with Gasteiger partial charge in [0.25, 0.3) is 5.56 Å². The molecule has 0 aliphatic heterocycles. The van der Waals surface area contributed by atoms with Crippen LogP contribution in [0, 0.1) is 6.92 Å². The molecule has 4 aromatic rings. The zero-order chi connectivity index (χ0) is 26.7. The van der Waals surface area contributed by atoms with Crippen molar-refractivity contribution in [1.29, 1.82) is 0 Å². The second-order valence-corrected chi connectivity index (χ2v) is 8.91. The molecule has 0 fully saturated rings. The molecule has 2 heterocycles. The summed E-state index contributed by atoms with van der Waals surface area (Å²) in [6, 6.07) is 15.1. The van der Waals surface area contributed by atoms with Crippen molar-refractivity contribution in [1.82, 2.24) is 18.7 Å². The highest BCUT2D eigenvalue weighted by molar-refractivity contribution is 5.78. The smallest absolute Gasteiger partial charge is 0.332 e. The fraction of sp³-hybridized carbons (Fsp3) is 0.308. The molecule has 0 aliphatic rings. The van der Waals surface area contributed by atoms with Crippen LogP contribution in [0.3, 0.4) is 0 Å². The van der Waals surface area contributed by atoms with Crippen LogP contribution in [0.1, 0.15) is 11.1 Å². The number of fused-ring (bicyclic) bond motifs is 1. The lowest BCUT2D eigenvalue weighted by atomic mass is 10.1. The summed E-state index contributed by atoms with van der Waals surface area (Å²) in [7, 11) is 2.80. The average Bonchev–Trinajstić information content (AvgIpc) is 3.23. The van der Waals surface area contributed by atoms with Gasteiger partial charge in [0.2, 0.25) is 5.95 Å². The molecule has 0 saturated heterocycles. The van der Waals surface area contributed by atoms with E-state index in [2.05, 4.69) is 10.3 Å². The Morgan fingerprint density at radius 3 is 2.51 bits per heavy atom. The summed E-state index contributed by atoms with van der Waals surface area (Å²) >= 11 is 0. The second-order valence-electron chi connectivity index (χ2n) is 8.91. The number of nitrogens with one attached hydrogen (secondary N) is 1. The molecule has 2 atom stereocenters. The number of imidazole rings is 1. The number of aromatic nitrogens is 4. The van der Waals surface area contributed by atoms with Gasteiger partial charge in [-0.2, -0.15) is 4.98 Å². The van der Waals surface area contributed by atoms with Crippen LogP contribution < -0.4 is 26.4 Å². The molecule has 0 saturated carbocycles. The quantitative estimate of drug-likeness (QED) is 0.305. The van der Waals surface area contributed by atoms with Crippen LogP contribution >= 0.6 is 0 Å². The van der Waals surface area contributed by atoms with Crippen LogP contribution in [0.15, 0.2) is 64.2 Å². The third-order valence-electron chi connectivity index (χ3n) is 6.04. The summed E-state index contributed by atoms with van der Waals surface area (Å²) in [5.74, 6) is -0.785. The van der Waals surface area contributed by atoms with Crippen LogP contribution in [-0.2, 0) is 31.9 Å². The number of benzene rings is 2. The van der Waals surface area contributed by atoms with Crippen LogP contribution in [0.5, 0.6) is 5.75 Å². The number of hydrogen-bond donors (Lipinski definition) is 2.